The van der Waals surface area contributed by atoms with E-state index in [1.807, 2.05) is 30.3 Å². The summed E-state index contributed by atoms with van der Waals surface area (Å²) < 4.78 is 5.59. The summed E-state index contributed by atoms with van der Waals surface area (Å²) in [5, 5.41) is 15.1. The van der Waals surface area contributed by atoms with E-state index in [1.165, 1.54) is 6.07 Å². The summed E-state index contributed by atoms with van der Waals surface area (Å²) in [5.41, 5.74) is 0.939. The van der Waals surface area contributed by atoms with Crippen LogP contribution in [0.1, 0.15) is 19.4 Å². The van der Waals surface area contributed by atoms with Crippen molar-refractivity contribution < 1.29 is 4.74 Å². The topological polar surface area (TPSA) is 78.8 Å². The number of nitrogens with one attached hydrogen (secondary N) is 1. The molecule has 0 fully saturated rings. The second kappa shape index (κ2) is 6.02. The SMILES string of the molecule is CC(C)COc1ccc(-c2cc(C#N)c(=O)[nH]n2)cc1. The smallest absolute Gasteiger partial charge is 0.282 e. The van der Waals surface area contributed by atoms with E-state index in [4.69, 9.17) is 10.00 Å². The lowest BCUT2D eigenvalue weighted by Crippen LogP contribution is -2.12. The van der Waals surface area contributed by atoms with Crippen LogP contribution in [0.2, 0.25) is 0 Å². The van der Waals surface area contributed by atoms with E-state index in [9.17, 15) is 4.79 Å². The molecule has 0 aliphatic heterocycles. The van der Waals surface area contributed by atoms with Crippen LogP contribution in [0.4, 0.5) is 0 Å². The molecule has 1 heterocycles. The van der Waals surface area contributed by atoms with Crippen LogP contribution in [0.3, 0.4) is 0 Å². The highest BCUT2D eigenvalue weighted by molar-refractivity contribution is 5.60. The van der Waals surface area contributed by atoms with Gasteiger partial charge in [-0.25, -0.2) is 5.10 Å². The third kappa shape index (κ3) is 3.23. The molecule has 2 rings (SSSR count). The Kier molecular flexibility index (Phi) is 4.16. The van der Waals surface area contributed by atoms with E-state index in [-0.39, 0.29) is 5.56 Å². The number of nitriles is 1. The molecule has 0 unspecified atom stereocenters. The molecule has 0 bridgehead atoms. The third-order valence-corrected chi connectivity index (χ3v) is 2.66. The number of aromatic amines is 1. The van der Waals surface area contributed by atoms with Gasteiger partial charge in [0.25, 0.3) is 5.56 Å². The number of hydrogen-bond donors (Lipinski definition) is 1. The summed E-state index contributed by atoms with van der Waals surface area (Å²) in [5.74, 6) is 1.25. The van der Waals surface area contributed by atoms with Crippen molar-refractivity contribution in [2.24, 2.45) is 5.92 Å². The Hall–Kier alpha value is -2.61. The maximum absolute atomic E-state index is 11.3. The Balaban J connectivity index is 2.22. The summed E-state index contributed by atoms with van der Waals surface area (Å²) >= 11 is 0. The highest BCUT2D eigenvalue weighted by Crippen LogP contribution is 2.20. The van der Waals surface area contributed by atoms with Gasteiger partial charge in [-0.15, -0.1) is 0 Å². The predicted octanol–water partition coefficient (Wildman–Crippen LogP) is 2.34. The number of H-pyrrole nitrogens is 1. The number of nitrogens with zero attached hydrogens (tertiary/aromatic N) is 2. The molecule has 20 heavy (non-hydrogen) atoms. The lowest BCUT2D eigenvalue weighted by atomic mass is 10.1. The first-order chi connectivity index (χ1) is 9.60. The van der Waals surface area contributed by atoms with Crippen LogP contribution in [-0.4, -0.2) is 16.8 Å². The van der Waals surface area contributed by atoms with Crippen LogP contribution in [0.5, 0.6) is 5.75 Å². The molecule has 5 heteroatoms. The van der Waals surface area contributed by atoms with Gasteiger partial charge in [0.15, 0.2) is 0 Å². The van der Waals surface area contributed by atoms with Gasteiger partial charge >= 0.3 is 0 Å². The summed E-state index contributed by atoms with van der Waals surface area (Å²) in [4.78, 5) is 11.3. The van der Waals surface area contributed by atoms with Gasteiger partial charge in [-0.1, -0.05) is 13.8 Å². The van der Waals surface area contributed by atoms with Crippen LogP contribution in [0.15, 0.2) is 35.1 Å². The van der Waals surface area contributed by atoms with E-state index in [0.717, 1.165) is 11.3 Å². The second-order valence-corrected chi connectivity index (χ2v) is 4.84. The second-order valence-electron chi connectivity index (χ2n) is 4.84. The van der Waals surface area contributed by atoms with Crippen LogP contribution >= 0.6 is 0 Å². The number of aromatic nitrogens is 2. The Morgan fingerprint density at radius 3 is 2.65 bits per heavy atom. The van der Waals surface area contributed by atoms with E-state index >= 15 is 0 Å². The molecule has 1 aromatic heterocycles. The van der Waals surface area contributed by atoms with Crippen molar-refractivity contribution in [2.45, 2.75) is 13.8 Å². The molecule has 5 nitrogen and oxygen atoms in total. The van der Waals surface area contributed by atoms with E-state index in [2.05, 4.69) is 24.0 Å². The first-order valence-electron chi connectivity index (χ1n) is 6.33. The maximum Gasteiger partial charge on any atom is 0.282 e. The third-order valence-electron chi connectivity index (χ3n) is 2.66. The lowest BCUT2D eigenvalue weighted by molar-refractivity contribution is 0.271. The number of hydrogen-bond acceptors (Lipinski definition) is 4. The highest BCUT2D eigenvalue weighted by atomic mass is 16.5. The van der Waals surface area contributed by atoms with Crippen molar-refractivity contribution in [3.05, 3.63) is 46.2 Å². The molecular weight excluding hydrogens is 254 g/mol. The number of rotatable bonds is 4. The summed E-state index contributed by atoms with van der Waals surface area (Å²) in [6.07, 6.45) is 0. The van der Waals surface area contributed by atoms with Crippen molar-refractivity contribution in [1.82, 2.24) is 10.2 Å². The fraction of sp³-hybridized carbons (Fsp3) is 0.267. The van der Waals surface area contributed by atoms with Crippen molar-refractivity contribution in [2.75, 3.05) is 6.61 Å². The molecule has 0 spiro atoms. The maximum atomic E-state index is 11.3. The Morgan fingerprint density at radius 1 is 1.35 bits per heavy atom. The molecule has 0 saturated heterocycles. The zero-order valence-corrected chi connectivity index (χ0v) is 11.4. The Labute approximate surface area is 116 Å². The van der Waals surface area contributed by atoms with Gasteiger partial charge in [-0.2, -0.15) is 10.4 Å². The first-order valence-corrected chi connectivity index (χ1v) is 6.33. The average Bonchev–Trinajstić information content (AvgIpc) is 2.46. The normalized spacial score (nSPS) is 10.3. The van der Waals surface area contributed by atoms with Gasteiger partial charge in [0, 0.05) is 5.56 Å². The van der Waals surface area contributed by atoms with Gasteiger partial charge in [0.1, 0.15) is 17.4 Å². The monoisotopic (exact) mass is 269 g/mol. The minimum atomic E-state index is -0.479. The van der Waals surface area contributed by atoms with Gasteiger partial charge < -0.3 is 4.74 Å². The van der Waals surface area contributed by atoms with Gasteiger partial charge in [-0.3, -0.25) is 4.79 Å². The lowest BCUT2D eigenvalue weighted by Gasteiger charge is -2.09. The predicted molar refractivity (Wildman–Crippen MR) is 75.3 cm³/mol. The van der Waals surface area contributed by atoms with Crippen LogP contribution in [-0.2, 0) is 0 Å². The van der Waals surface area contributed by atoms with Crippen molar-refractivity contribution >= 4 is 0 Å². The fourth-order valence-electron chi connectivity index (χ4n) is 1.62. The zero-order chi connectivity index (χ0) is 14.5. The minimum Gasteiger partial charge on any atom is -0.493 e. The fourth-order valence-corrected chi connectivity index (χ4v) is 1.62. The van der Waals surface area contributed by atoms with E-state index < -0.39 is 5.56 Å². The van der Waals surface area contributed by atoms with E-state index in [0.29, 0.717) is 18.2 Å². The van der Waals surface area contributed by atoms with Gasteiger partial charge in [0.05, 0.1) is 12.3 Å². The van der Waals surface area contributed by atoms with Gasteiger partial charge in [-0.05, 0) is 36.2 Å². The molecule has 1 aromatic carbocycles. The molecule has 102 valence electrons. The van der Waals surface area contributed by atoms with Crippen LogP contribution in [0.25, 0.3) is 11.3 Å². The quantitative estimate of drug-likeness (QED) is 0.924. The zero-order valence-electron chi connectivity index (χ0n) is 11.4. The molecule has 0 atom stereocenters. The van der Waals surface area contributed by atoms with Crippen molar-refractivity contribution in [3.8, 4) is 23.1 Å². The van der Waals surface area contributed by atoms with Crippen molar-refractivity contribution in [3.63, 3.8) is 0 Å². The molecule has 0 saturated carbocycles. The molecule has 0 aliphatic rings. The molecule has 2 aromatic rings. The van der Waals surface area contributed by atoms with Crippen molar-refractivity contribution in [1.29, 1.82) is 5.26 Å². The summed E-state index contributed by atoms with van der Waals surface area (Å²) in [6.45, 7) is 4.83. The molecule has 0 radical (unpaired) electrons. The number of benzene rings is 1. The largest absolute Gasteiger partial charge is 0.493 e. The van der Waals surface area contributed by atoms with Crippen LogP contribution in [0, 0.1) is 17.2 Å². The standard InChI is InChI=1S/C15H15N3O2/c1-10(2)9-20-13-5-3-11(4-6-13)14-7-12(8-16)15(19)18-17-14/h3-7,10H,9H2,1-2H3,(H,18,19). The van der Waals surface area contributed by atoms with Crippen LogP contribution < -0.4 is 10.3 Å². The Bertz CT molecular complexity index is 682. The first kappa shape index (κ1) is 13.8. The molecule has 1 N–H and O–H groups in total. The number of ether oxygens (including phenoxy) is 1. The molecule has 0 amide bonds. The summed E-state index contributed by atoms with van der Waals surface area (Å²) in [6, 6.07) is 10.7. The minimum absolute atomic E-state index is 0.0511. The van der Waals surface area contributed by atoms with E-state index in [1.54, 1.807) is 0 Å². The Morgan fingerprint density at radius 2 is 2.05 bits per heavy atom. The summed E-state index contributed by atoms with van der Waals surface area (Å²) in [7, 11) is 0. The highest BCUT2D eigenvalue weighted by Gasteiger charge is 2.05. The molecular formula is C15H15N3O2. The van der Waals surface area contributed by atoms with Gasteiger partial charge in [0.2, 0.25) is 0 Å². The molecule has 0 aliphatic carbocycles. The average molecular weight is 269 g/mol.